The molecule has 0 spiro atoms. The van der Waals surface area contributed by atoms with Gasteiger partial charge in [0.1, 0.15) is 22.9 Å². The highest BCUT2D eigenvalue weighted by Crippen LogP contribution is 2.43. The lowest BCUT2D eigenvalue weighted by Gasteiger charge is -2.35. The first-order valence-corrected chi connectivity index (χ1v) is 15.6. The Labute approximate surface area is 284 Å². The van der Waals surface area contributed by atoms with E-state index in [1.807, 2.05) is 20.8 Å². The van der Waals surface area contributed by atoms with Crippen molar-refractivity contribution in [2.24, 2.45) is 10.4 Å². The number of carbonyl (C=O) groups excluding carboxylic acids is 2. The molecule has 3 aromatic rings. The number of hydrogen-bond acceptors (Lipinski definition) is 6. The number of carboxylic acid groups (broad SMARTS) is 1. The van der Waals surface area contributed by atoms with Crippen LogP contribution in [0, 0.1) is 11.2 Å². The molecule has 2 atom stereocenters. The topological polar surface area (TPSA) is 150 Å². The van der Waals surface area contributed by atoms with Gasteiger partial charge >= 0.3 is 6.09 Å². The van der Waals surface area contributed by atoms with Gasteiger partial charge in [-0.25, -0.2) is 9.18 Å². The summed E-state index contributed by atoms with van der Waals surface area (Å²) in [4.78, 5) is 44.4. The summed E-state index contributed by atoms with van der Waals surface area (Å²) in [5, 5.41) is 26.1. The summed E-state index contributed by atoms with van der Waals surface area (Å²) in [7, 11) is 3.02. The fourth-order valence-electron chi connectivity index (χ4n) is 5.63. The number of benzene rings is 3. The molecular weight excluding hydrogens is 699 g/mol. The highest BCUT2D eigenvalue weighted by Gasteiger charge is 2.56. The first kappa shape index (κ1) is 35.7. The lowest BCUT2D eigenvalue weighted by Crippen LogP contribution is -2.47. The Morgan fingerprint density at radius 2 is 1.85 bits per heavy atom. The zero-order valence-corrected chi connectivity index (χ0v) is 28.7. The fraction of sp³-hybridized carbons (Fsp3) is 0.333. The lowest BCUT2D eigenvalue weighted by atomic mass is 9.75. The molecule has 4 N–H and O–H groups in total. The largest absolute Gasteiger partial charge is 0.497 e. The van der Waals surface area contributed by atoms with Gasteiger partial charge in [0.25, 0.3) is 11.8 Å². The molecular formula is C33H35BrClFN4O7. The number of aliphatic imine (C=N–C) groups is 1. The molecule has 1 aliphatic rings. The van der Waals surface area contributed by atoms with Crippen LogP contribution < -0.4 is 20.1 Å². The van der Waals surface area contributed by atoms with Crippen molar-refractivity contribution in [3.05, 3.63) is 92.2 Å². The van der Waals surface area contributed by atoms with Crippen molar-refractivity contribution in [3.8, 4) is 11.5 Å². The summed E-state index contributed by atoms with van der Waals surface area (Å²) in [6.45, 7) is 4.94. The summed E-state index contributed by atoms with van der Waals surface area (Å²) in [5.74, 6) is -1.33. The maximum absolute atomic E-state index is 15.6. The van der Waals surface area contributed by atoms with Gasteiger partial charge in [-0.3, -0.25) is 14.5 Å². The van der Waals surface area contributed by atoms with Crippen LogP contribution in [0.1, 0.15) is 60.3 Å². The van der Waals surface area contributed by atoms with Crippen molar-refractivity contribution in [3.63, 3.8) is 0 Å². The third kappa shape index (κ3) is 7.69. The second kappa shape index (κ2) is 14.3. The Kier molecular flexibility index (Phi) is 10.8. The minimum Gasteiger partial charge on any atom is -0.497 e. The van der Waals surface area contributed by atoms with Gasteiger partial charge in [0, 0.05) is 28.2 Å². The lowest BCUT2D eigenvalue weighted by molar-refractivity contribution is -0.135. The van der Waals surface area contributed by atoms with E-state index in [1.54, 1.807) is 24.3 Å². The van der Waals surface area contributed by atoms with E-state index in [4.69, 9.17) is 21.1 Å². The van der Waals surface area contributed by atoms with E-state index in [9.17, 15) is 24.6 Å². The van der Waals surface area contributed by atoms with Gasteiger partial charge in [0.15, 0.2) is 0 Å². The second-order valence-corrected chi connectivity index (χ2v) is 13.4. The van der Waals surface area contributed by atoms with E-state index in [0.717, 1.165) is 4.90 Å². The van der Waals surface area contributed by atoms with E-state index in [1.165, 1.54) is 44.6 Å². The number of ether oxygens (including phenoxy) is 2. The molecule has 1 heterocycles. The van der Waals surface area contributed by atoms with Crippen LogP contribution in [0.3, 0.4) is 0 Å². The van der Waals surface area contributed by atoms with E-state index >= 15 is 4.39 Å². The normalized spacial score (nSPS) is 17.8. The number of methoxy groups -OCH3 is 2. The molecule has 0 radical (unpaired) electrons. The highest BCUT2D eigenvalue weighted by molar-refractivity contribution is 9.10. The first-order valence-electron chi connectivity index (χ1n) is 14.4. The molecule has 0 aliphatic carbocycles. The summed E-state index contributed by atoms with van der Waals surface area (Å²) in [5.41, 5.74) is -1.43. The quantitative estimate of drug-likeness (QED) is 0.198. The maximum Gasteiger partial charge on any atom is 0.434 e. The Balaban J connectivity index is 1.75. The minimum absolute atomic E-state index is 0.0250. The molecule has 11 nitrogen and oxygen atoms in total. The molecule has 3 aromatic carbocycles. The van der Waals surface area contributed by atoms with Crippen LogP contribution in [0.5, 0.6) is 11.5 Å². The number of amides is 3. The van der Waals surface area contributed by atoms with Crippen LogP contribution in [0.25, 0.3) is 0 Å². The van der Waals surface area contributed by atoms with Gasteiger partial charge < -0.3 is 30.3 Å². The van der Waals surface area contributed by atoms with Crippen LogP contribution in [0.15, 0.2) is 64.1 Å². The average Bonchev–Trinajstić information content (AvgIpc) is 3.25. The maximum atomic E-state index is 15.6. The first-order chi connectivity index (χ1) is 22.1. The summed E-state index contributed by atoms with van der Waals surface area (Å²) in [6.07, 6.45) is -1.58. The predicted molar refractivity (Wildman–Crippen MR) is 177 cm³/mol. The summed E-state index contributed by atoms with van der Waals surface area (Å²) in [6, 6.07) is 12.5. The summed E-state index contributed by atoms with van der Waals surface area (Å²) < 4.78 is 26.6. The highest BCUT2D eigenvalue weighted by atomic mass is 79.9. The number of rotatable bonds is 10. The molecule has 1 fully saturated rings. The van der Waals surface area contributed by atoms with Crippen LogP contribution in [-0.2, 0) is 16.9 Å². The molecule has 4 rings (SSSR count). The van der Waals surface area contributed by atoms with E-state index < -0.39 is 53.3 Å². The standard InChI is InChI=1S/C33H35BrClFN4O7/c1-32(2,3)17-33(23-10-8-20(34)13-25(23)36)29(43)40(30(39-33)38-31(44)45)26(16-41)18-7-11-24(35)22(12-18)28(42)37-15-19-6-9-21(46-4)14-27(19)47-5/h6-14,26,41H,15-17H2,1-5H3,(H,37,42)(H,38,39)(H,44,45)/t26-,33?/m1/s1. The third-order valence-corrected chi connectivity index (χ3v) is 8.39. The molecule has 0 bridgehead atoms. The minimum atomic E-state index is -1.78. The Morgan fingerprint density at radius 1 is 1.13 bits per heavy atom. The van der Waals surface area contributed by atoms with Crippen molar-refractivity contribution in [2.45, 2.75) is 45.3 Å². The molecule has 250 valence electrons. The number of aliphatic hydroxyl groups is 1. The molecule has 14 heteroatoms. The number of carbonyl (C=O) groups is 3. The van der Waals surface area contributed by atoms with Crippen molar-refractivity contribution < 1.29 is 38.5 Å². The molecule has 0 aromatic heterocycles. The van der Waals surface area contributed by atoms with Crippen LogP contribution >= 0.6 is 27.5 Å². The predicted octanol–water partition coefficient (Wildman–Crippen LogP) is 6.02. The van der Waals surface area contributed by atoms with Crippen LogP contribution in [0.4, 0.5) is 9.18 Å². The number of guanidine groups is 1. The molecule has 1 unspecified atom stereocenters. The molecule has 3 amide bonds. The zero-order valence-electron chi connectivity index (χ0n) is 26.4. The molecule has 1 saturated heterocycles. The van der Waals surface area contributed by atoms with Gasteiger partial charge in [-0.1, -0.05) is 60.4 Å². The van der Waals surface area contributed by atoms with Gasteiger partial charge in [-0.15, -0.1) is 4.99 Å². The molecule has 0 saturated carbocycles. The van der Waals surface area contributed by atoms with Crippen molar-refractivity contribution >= 4 is 51.4 Å². The van der Waals surface area contributed by atoms with Gasteiger partial charge in [-0.2, -0.15) is 0 Å². The van der Waals surface area contributed by atoms with E-state index in [2.05, 4.69) is 31.6 Å². The monoisotopic (exact) mass is 732 g/mol. The number of nitrogens with zero attached hydrogens (tertiary/aromatic N) is 2. The van der Waals surface area contributed by atoms with Crippen LogP contribution in [-0.4, -0.2) is 59.8 Å². The van der Waals surface area contributed by atoms with Gasteiger partial charge in [0.05, 0.1) is 37.5 Å². The smallest absolute Gasteiger partial charge is 0.434 e. The Morgan fingerprint density at radius 3 is 2.45 bits per heavy atom. The number of halogens is 3. The zero-order chi connectivity index (χ0) is 34.7. The Bertz CT molecular complexity index is 1730. The number of aliphatic hydroxyl groups excluding tert-OH is 1. The average molecular weight is 734 g/mol. The number of hydrogen-bond donors (Lipinski definition) is 4. The Hall–Kier alpha value is -4.20. The van der Waals surface area contributed by atoms with Crippen molar-refractivity contribution in [2.75, 3.05) is 20.8 Å². The van der Waals surface area contributed by atoms with Gasteiger partial charge in [-0.05, 0) is 53.8 Å². The fourth-order valence-corrected chi connectivity index (χ4v) is 6.16. The molecule has 1 aliphatic heterocycles. The van der Waals surface area contributed by atoms with Gasteiger partial charge in [0.2, 0.25) is 5.96 Å². The van der Waals surface area contributed by atoms with Crippen molar-refractivity contribution in [1.29, 1.82) is 0 Å². The van der Waals surface area contributed by atoms with Crippen LogP contribution in [0.2, 0.25) is 5.02 Å². The summed E-state index contributed by atoms with van der Waals surface area (Å²) >= 11 is 9.67. The number of nitrogens with one attached hydrogen (secondary N) is 2. The molecule has 47 heavy (non-hydrogen) atoms. The van der Waals surface area contributed by atoms with E-state index in [-0.39, 0.29) is 34.7 Å². The van der Waals surface area contributed by atoms with Crippen molar-refractivity contribution in [1.82, 2.24) is 15.5 Å². The second-order valence-electron chi connectivity index (χ2n) is 12.1. The van der Waals surface area contributed by atoms with E-state index in [0.29, 0.717) is 21.5 Å². The SMILES string of the molecule is COc1ccc(CNC(=O)c2cc([C@@H](CO)N3C(=O)C(CC(C)(C)C)(c4ccc(Br)cc4F)NC3=NC(=O)O)ccc2Cl)c(OC)c1. The third-order valence-electron chi connectivity index (χ3n) is 7.56.